The van der Waals surface area contributed by atoms with Crippen molar-refractivity contribution in [1.82, 2.24) is 4.31 Å². The van der Waals surface area contributed by atoms with E-state index in [9.17, 15) is 18.0 Å². The molecule has 0 radical (unpaired) electrons. The molecule has 0 aliphatic carbocycles. The van der Waals surface area contributed by atoms with Crippen molar-refractivity contribution in [2.45, 2.75) is 30.6 Å². The third-order valence-electron chi connectivity index (χ3n) is 5.55. The molecule has 8 nitrogen and oxygen atoms in total. The van der Waals surface area contributed by atoms with Crippen LogP contribution in [0.15, 0.2) is 53.4 Å². The van der Waals surface area contributed by atoms with Crippen molar-refractivity contribution in [1.29, 1.82) is 0 Å². The lowest BCUT2D eigenvalue weighted by Gasteiger charge is -2.20. The zero-order valence-corrected chi connectivity index (χ0v) is 18.0. The lowest BCUT2D eigenvalue weighted by molar-refractivity contribution is -0.117. The third kappa shape index (κ3) is 4.72. The first kappa shape index (κ1) is 21.3. The first-order valence-electron chi connectivity index (χ1n) is 10.5. The molecule has 0 aromatic heterocycles. The molecule has 0 unspecified atom stereocenters. The normalized spacial score (nSPS) is 17.2. The summed E-state index contributed by atoms with van der Waals surface area (Å²) >= 11 is 0. The van der Waals surface area contributed by atoms with Gasteiger partial charge in [0.2, 0.25) is 21.8 Å². The Morgan fingerprint density at radius 2 is 1.65 bits per heavy atom. The van der Waals surface area contributed by atoms with Gasteiger partial charge in [-0.15, -0.1) is 0 Å². The minimum atomic E-state index is -3.47. The first-order chi connectivity index (χ1) is 14.9. The Bertz CT molecular complexity index is 1060. The Kier molecular flexibility index (Phi) is 6.24. The molecule has 2 aliphatic rings. The third-order valence-corrected chi connectivity index (χ3v) is 7.46. The van der Waals surface area contributed by atoms with Gasteiger partial charge < -0.3 is 15.5 Å². The molecular weight excluding hydrogens is 416 g/mol. The monoisotopic (exact) mass is 442 g/mol. The molecule has 31 heavy (non-hydrogen) atoms. The largest absolute Gasteiger partial charge is 0.374 e. The van der Waals surface area contributed by atoms with Gasteiger partial charge in [-0.05, 0) is 55.7 Å². The molecule has 9 heteroatoms. The van der Waals surface area contributed by atoms with E-state index >= 15 is 0 Å². The summed E-state index contributed by atoms with van der Waals surface area (Å²) < 4.78 is 26.7. The highest BCUT2D eigenvalue weighted by Crippen LogP contribution is 2.29. The summed E-state index contributed by atoms with van der Waals surface area (Å²) in [4.78, 5) is 26.4. The number of para-hydroxylation sites is 2. The quantitative estimate of drug-likeness (QED) is 0.687. The van der Waals surface area contributed by atoms with Gasteiger partial charge in [0.05, 0.1) is 22.8 Å². The van der Waals surface area contributed by atoms with E-state index in [4.69, 9.17) is 0 Å². The number of hydrogen-bond acceptors (Lipinski definition) is 5. The molecular formula is C22H26N4O4S. The number of benzene rings is 2. The summed E-state index contributed by atoms with van der Waals surface area (Å²) in [5, 5.41) is 5.86. The Morgan fingerprint density at radius 1 is 0.935 bits per heavy atom. The molecule has 0 spiro atoms. The van der Waals surface area contributed by atoms with Gasteiger partial charge >= 0.3 is 0 Å². The second-order valence-corrected chi connectivity index (χ2v) is 9.64. The van der Waals surface area contributed by atoms with Gasteiger partial charge in [-0.1, -0.05) is 12.1 Å². The van der Waals surface area contributed by atoms with Crippen LogP contribution in [0.1, 0.15) is 25.7 Å². The molecule has 2 fully saturated rings. The van der Waals surface area contributed by atoms with Crippen molar-refractivity contribution >= 4 is 38.9 Å². The number of amides is 2. The molecule has 0 bridgehead atoms. The molecule has 2 saturated heterocycles. The van der Waals surface area contributed by atoms with Crippen molar-refractivity contribution in [2.24, 2.45) is 0 Å². The highest BCUT2D eigenvalue weighted by Gasteiger charge is 2.27. The second kappa shape index (κ2) is 9.07. The van der Waals surface area contributed by atoms with Gasteiger partial charge in [0.25, 0.3) is 0 Å². The number of nitrogens with one attached hydrogen (secondary N) is 2. The van der Waals surface area contributed by atoms with E-state index in [1.54, 1.807) is 17.0 Å². The van der Waals surface area contributed by atoms with Gasteiger partial charge in [-0.25, -0.2) is 8.42 Å². The van der Waals surface area contributed by atoms with Crippen molar-refractivity contribution in [2.75, 3.05) is 41.7 Å². The summed E-state index contributed by atoms with van der Waals surface area (Å²) in [6.45, 7) is 1.80. The molecule has 2 heterocycles. The molecule has 2 aromatic rings. The van der Waals surface area contributed by atoms with Crippen LogP contribution in [-0.2, 0) is 19.6 Å². The van der Waals surface area contributed by atoms with Crippen molar-refractivity contribution in [3.8, 4) is 0 Å². The summed E-state index contributed by atoms with van der Waals surface area (Å²) in [6, 6.07) is 13.6. The van der Waals surface area contributed by atoms with Gasteiger partial charge in [0.1, 0.15) is 0 Å². The predicted octanol–water partition coefficient (Wildman–Crippen LogP) is 2.65. The molecule has 2 N–H and O–H groups in total. The van der Waals surface area contributed by atoms with Crippen LogP contribution < -0.4 is 15.5 Å². The highest BCUT2D eigenvalue weighted by molar-refractivity contribution is 7.89. The topological polar surface area (TPSA) is 98.8 Å². The van der Waals surface area contributed by atoms with Crippen LogP contribution in [0, 0.1) is 0 Å². The predicted molar refractivity (Wildman–Crippen MR) is 120 cm³/mol. The number of rotatable bonds is 7. The van der Waals surface area contributed by atoms with Crippen molar-refractivity contribution < 1.29 is 18.0 Å². The van der Waals surface area contributed by atoms with E-state index < -0.39 is 10.0 Å². The van der Waals surface area contributed by atoms with E-state index in [1.807, 2.05) is 24.3 Å². The number of hydrogen-bond donors (Lipinski definition) is 2. The smallest absolute Gasteiger partial charge is 0.243 e. The zero-order chi connectivity index (χ0) is 21.8. The first-order valence-corrected chi connectivity index (χ1v) is 11.9. The van der Waals surface area contributed by atoms with Gasteiger partial charge in [0.15, 0.2) is 0 Å². The summed E-state index contributed by atoms with van der Waals surface area (Å²) in [6.07, 6.45) is 3.14. The van der Waals surface area contributed by atoms with Crippen LogP contribution in [0.4, 0.5) is 17.1 Å². The van der Waals surface area contributed by atoms with E-state index in [2.05, 4.69) is 10.6 Å². The zero-order valence-electron chi connectivity index (χ0n) is 17.2. The van der Waals surface area contributed by atoms with Crippen LogP contribution in [0.3, 0.4) is 0 Å². The number of sulfonamides is 1. The van der Waals surface area contributed by atoms with Crippen molar-refractivity contribution in [3.63, 3.8) is 0 Å². The maximum absolute atomic E-state index is 12.6. The summed E-state index contributed by atoms with van der Waals surface area (Å²) in [7, 11) is -3.47. The molecule has 0 saturated carbocycles. The van der Waals surface area contributed by atoms with Crippen LogP contribution in [0.25, 0.3) is 0 Å². The molecule has 2 amide bonds. The number of anilines is 3. The van der Waals surface area contributed by atoms with Gasteiger partial charge in [-0.3, -0.25) is 9.59 Å². The maximum atomic E-state index is 12.6. The van der Waals surface area contributed by atoms with Crippen LogP contribution in [0.2, 0.25) is 0 Å². The molecule has 2 aromatic carbocycles. The SMILES string of the molecule is O=C(CNc1ccccc1N1CCCC1=O)Nc1ccc(S(=O)(=O)N2CCCC2)cc1. The Labute approximate surface area is 182 Å². The lowest BCUT2D eigenvalue weighted by Crippen LogP contribution is -2.28. The molecule has 164 valence electrons. The minimum Gasteiger partial charge on any atom is -0.374 e. The van der Waals surface area contributed by atoms with E-state index in [-0.39, 0.29) is 23.3 Å². The fourth-order valence-electron chi connectivity index (χ4n) is 3.93. The average molecular weight is 443 g/mol. The fourth-order valence-corrected chi connectivity index (χ4v) is 5.45. The van der Waals surface area contributed by atoms with Crippen LogP contribution in [-0.4, -0.2) is 50.7 Å². The van der Waals surface area contributed by atoms with Crippen molar-refractivity contribution in [3.05, 3.63) is 48.5 Å². The minimum absolute atomic E-state index is 0.0207. The average Bonchev–Trinajstić information content (AvgIpc) is 3.45. The number of nitrogens with zero attached hydrogens (tertiary/aromatic N) is 2. The Hall–Kier alpha value is -2.91. The van der Waals surface area contributed by atoms with E-state index in [0.29, 0.717) is 31.7 Å². The Balaban J connectivity index is 1.36. The Morgan fingerprint density at radius 3 is 2.32 bits per heavy atom. The molecule has 0 atom stereocenters. The standard InChI is InChI=1S/C22H26N4O4S/c27-21(16-23-19-6-1-2-7-20(19)26-15-5-8-22(26)28)24-17-9-11-18(12-10-17)31(29,30)25-13-3-4-14-25/h1-2,6-7,9-12,23H,3-5,8,13-16H2,(H,24,27). The van der Waals surface area contributed by atoms with Crippen LogP contribution in [0.5, 0.6) is 0 Å². The second-order valence-electron chi connectivity index (χ2n) is 7.70. The molecule has 2 aliphatic heterocycles. The fraction of sp³-hybridized carbons (Fsp3) is 0.364. The number of carbonyl (C=O) groups excluding carboxylic acids is 2. The molecule has 4 rings (SSSR count). The lowest BCUT2D eigenvalue weighted by atomic mass is 10.2. The number of carbonyl (C=O) groups is 2. The van der Waals surface area contributed by atoms with E-state index in [1.165, 1.54) is 16.4 Å². The highest BCUT2D eigenvalue weighted by atomic mass is 32.2. The van der Waals surface area contributed by atoms with Gasteiger partial charge in [-0.2, -0.15) is 4.31 Å². The van der Waals surface area contributed by atoms with Gasteiger partial charge in [0, 0.05) is 31.7 Å². The summed E-state index contributed by atoms with van der Waals surface area (Å²) in [5.74, 6) is -0.180. The van der Waals surface area contributed by atoms with E-state index in [0.717, 1.165) is 30.6 Å². The maximum Gasteiger partial charge on any atom is 0.243 e. The summed E-state index contributed by atoms with van der Waals surface area (Å²) in [5.41, 5.74) is 2.02. The van der Waals surface area contributed by atoms with Crippen LogP contribution >= 0.6 is 0 Å².